The lowest BCUT2D eigenvalue weighted by Gasteiger charge is -2.22. The molecular formula is C13H18ClN3O3. The van der Waals surface area contributed by atoms with Crippen LogP contribution in [0.5, 0.6) is 0 Å². The van der Waals surface area contributed by atoms with Crippen LogP contribution in [-0.4, -0.2) is 23.9 Å². The molecule has 1 aromatic rings. The summed E-state index contributed by atoms with van der Waals surface area (Å²) >= 11 is 0. The highest BCUT2D eigenvalue weighted by Gasteiger charge is 2.21. The second kappa shape index (κ2) is 7.21. The fourth-order valence-corrected chi connectivity index (χ4v) is 2.17. The van der Waals surface area contributed by atoms with E-state index in [0.29, 0.717) is 12.2 Å². The molecule has 0 aliphatic carbocycles. The summed E-state index contributed by atoms with van der Waals surface area (Å²) in [5, 5.41) is 16.7. The Morgan fingerprint density at radius 3 is 2.85 bits per heavy atom. The number of piperidine rings is 1. The van der Waals surface area contributed by atoms with Crippen LogP contribution in [0.2, 0.25) is 0 Å². The third-order valence-corrected chi connectivity index (χ3v) is 3.36. The molecule has 1 aliphatic rings. The molecule has 110 valence electrons. The number of non-ortho nitro benzene ring substituents is 1. The van der Waals surface area contributed by atoms with Crippen LogP contribution in [0.15, 0.2) is 18.2 Å². The normalized spacial score (nSPS) is 17.9. The van der Waals surface area contributed by atoms with Crippen LogP contribution in [0.4, 0.5) is 11.4 Å². The summed E-state index contributed by atoms with van der Waals surface area (Å²) in [7, 11) is 0. The lowest BCUT2D eigenvalue weighted by molar-refractivity contribution is -0.384. The number of halogens is 1. The number of amides is 1. The van der Waals surface area contributed by atoms with Gasteiger partial charge in [0.1, 0.15) is 0 Å². The number of benzene rings is 1. The number of nitrogens with zero attached hydrogens (tertiary/aromatic N) is 1. The molecule has 1 aliphatic heterocycles. The van der Waals surface area contributed by atoms with E-state index in [1.54, 1.807) is 6.07 Å². The fraction of sp³-hybridized carbons (Fsp3) is 0.462. The molecule has 0 saturated carbocycles. The molecule has 1 aromatic carbocycles. The van der Waals surface area contributed by atoms with E-state index < -0.39 is 4.92 Å². The van der Waals surface area contributed by atoms with Crippen LogP contribution in [-0.2, 0) is 4.79 Å². The molecule has 1 saturated heterocycles. The maximum atomic E-state index is 12.1. The number of hydrogen-bond acceptors (Lipinski definition) is 4. The van der Waals surface area contributed by atoms with Crippen LogP contribution in [0, 0.1) is 23.0 Å². The van der Waals surface area contributed by atoms with Crippen LogP contribution >= 0.6 is 12.4 Å². The van der Waals surface area contributed by atoms with Crippen molar-refractivity contribution in [3.63, 3.8) is 0 Å². The summed E-state index contributed by atoms with van der Waals surface area (Å²) in [5.41, 5.74) is 1.33. The summed E-state index contributed by atoms with van der Waals surface area (Å²) in [6.45, 7) is 3.43. The van der Waals surface area contributed by atoms with Crippen molar-refractivity contribution in [1.29, 1.82) is 0 Å². The molecule has 20 heavy (non-hydrogen) atoms. The number of anilines is 1. The monoisotopic (exact) mass is 299 g/mol. The van der Waals surface area contributed by atoms with Gasteiger partial charge in [-0.05, 0) is 31.9 Å². The predicted molar refractivity (Wildman–Crippen MR) is 79.3 cm³/mol. The summed E-state index contributed by atoms with van der Waals surface area (Å²) in [4.78, 5) is 22.4. The second-order valence-corrected chi connectivity index (χ2v) is 4.79. The Hall–Kier alpha value is -1.66. The van der Waals surface area contributed by atoms with Crippen molar-refractivity contribution in [1.82, 2.24) is 5.32 Å². The Labute approximate surface area is 123 Å². The number of hydrogen-bond donors (Lipinski definition) is 2. The van der Waals surface area contributed by atoms with Gasteiger partial charge < -0.3 is 10.6 Å². The smallest absolute Gasteiger partial charge is 0.271 e. The van der Waals surface area contributed by atoms with E-state index in [4.69, 9.17) is 0 Å². The van der Waals surface area contributed by atoms with Crippen molar-refractivity contribution in [2.45, 2.75) is 19.8 Å². The van der Waals surface area contributed by atoms with Crippen molar-refractivity contribution >= 4 is 29.7 Å². The third-order valence-electron chi connectivity index (χ3n) is 3.36. The lowest BCUT2D eigenvalue weighted by atomic mass is 9.98. The molecule has 0 unspecified atom stereocenters. The molecule has 6 nitrogen and oxygen atoms in total. The molecule has 0 spiro atoms. The van der Waals surface area contributed by atoms with Crippen molar-refractivity contribution in [2.75, 3.05) is 18.4 Å². The Balaban J connectivity index is 0.00000200. The molecule has 1 heterocycles. The van der Waals surface area contributed by atoms with Gasteiger partial charge in [-0.2, -0.15) is 0 Å². The van der Waals surface area contributed by atoms with Crippen LogP contribution in [0.25, 0.3) is 0 Å². The summed E-state index contributed by atoms with van der Waals surface area (Å²) in [6.07, 6.45) is 1.83. The average Bonchev–Trinajstić information content (AvgIpc) is 2.42. The van der Waals surface area contributed by atoms with Gasteiger partial charge in [0, 0.05) is 18.7 Å². The molecule has 1 atom stereocenters. The molecule has 2 rings (SSSR count). The van der Waals surface area contributed by atoms with Gasteiger partial charge in [0.15, 0.2) is 0 Å². The van der Waals surface area contributed by atoms with Crippen molar-refractivity contribution in [2.24, 2.45) is 5.92 Å². The molecule has 7 heteroatoms. The largest absolute Gasteiger partial charge is 0.325 e. The van der Waals surface area contributed by atoms with E-state index >= 15 is 0 Å². The van der Waals surface area contributed by atoms with E-state index in [0.717, 1.165) is 24.9 Å². The molecular weight excluding hydrogens is 282 g/mol. The Morgan fingerprint density at radius 2 is 2.25 bits per heavy atom. The van der Waals surface area contributed by atoms with Gasteiger partial charge >= 0.3 is 0 Å². The minimum atomic E-state index is -0.461. The van der Waals surface area contributed by atoms with Crippen molar-refractivity contribution < 1.29 is 9.72 Å². The first-order valence-electron chi connectivity index (χ1n) is 6.34. The van der Waals surface area contributed by atoms with Gasteiger partial charge in [-0.25, -0.2) is 0 Å². The van der Waals surface area contributed by atoms with Gasteiger partial charge in [-0.1, -0.05) is 6.07 Å². The van der Waals surface area contributed by atoms with Crippen molar-refractivity contribution in [3.05, 3.63) is 33.9 Å². The standard InChI is InChI=1S/C13H17N3O3.ClH/c1-9-4-5-11(16(18)19)7-12(9)15-13(17)10-3-2-6-14-8-10;/h4-5,7,10,14H,2-3,6,8H2,1H3,(H,15,17);1H/t10-;/m1./s1. The quantitative estimate of drug-likeness (QED) is 0.662. The van der Waals surface area contributed by atoms with E-state index in [1.165, 1.54) is 12.1 Å². The highest BCUT2D eigenvalue weighted by atomic mass is 35.5. The van der Waals surface area contributed by atoms with Crippen LogP contribution < -0.4 is 10.6 Å². The zero-order valence-corrected chi connectivity index (χ0v) is 12.0. The fourth-order valence-electron chi connectivity index (χ4n) is 2.17. The van der Waals surface area contributed by atoms with E-state index in [-0.39, 0.29) is 29.9 Å². The highest BCUT2D eigenvalue weighted by Crippen LogP contribution is 2.23. The number of nitro benzene ring substituents is 1. The van der Waals surface area contributed by atoms with Crippen LogP contribution in [0.3, 0.4) is 0 Å². The Morgan fingerprint density at radius 1 is 1.50 bits per heavy atom. The van der Waals surface area contributed by atoms with Gasteiger partial charge in [-0.15, -0.1) is 12.4 Å². The highest BCUT2D eigenvalue weighted by molar-refractivity contribution is 5.93. The Bertz CT molecular complexity index is 502. The zero-order chi connectivity index (χ0) is 13.8. The average molecular weight is 300 g/mol. The van der Waals surface area contributed by atoms with Gasteiger partial charge in [-0.3, -0.25) is 14.9 Å². The number of rotatable bonds is 3. The maximum Gasteiger partial charge on any atom is 0.271 e. The lowest BCUT2D eigenvalue weighted by Crippen LogP contribution is -2.37. The molecule has 0 radical (unpaired) electrons. The van der Waals surface area contributed by atoms with Gasteiger partial charge in [0.25, 0.3) is 5.69 Å². The number of nitro groups is 1. The molecule has 0 aromatic heterocycles. The van der Waals surface area contributed by atoms with E-state index in [9.17, 15) is 14.9 Å². The molecule has 0 bridgehead atoms. The molecule has 2 N–H and O–H groups in total. The minimum Gasteiger partial charge on any atom is -0.325 e. The van der Waals surface area contributed by atoms with Gasteiger partial charge in [0.05, 0.1) is 16.5 Å². The summed E-state index contributed by atoms with van der Waals surface area (Å²) in [6, 6.07) is 4.49. The first-order valence-corrected chi connectivity index (χ1v) is 6.34. The maximum absolute atomic E-state index is 12.1. The zero-order valence-electron chi connectivity index (χ0n) is 11.2. The summed E-state index contributed by atoms with van der Waals surface area (Å²) < 4.78 is 0. The minimum absolute atomic E-state index is 0. The number of nitrogens with one attached hydrogen (secondary N) is 2. The van der Waals surface area contributed by atoms with E-state index in [1.807, 2.05) is 6.92 Å². The van der Waals surface area contributed by atoms with Crippen LogP contribution in [0.1, 0.15) is 18.4 Å². The number of aryl methyl sites for hydroxylation is 1. The first kappa shape index (κ1) is 16.4. The van der Waals surface area contributed by atoms with E-state index in [2.05, 4.69) is 10.6 Å². The second-order valence-electron chi connectivity index (χ2n) is 4.79. The van der Waals surface area contributed by atoms with Crippen molar-refractivity contribution in [3.8, 4) is 0 Å². The SMILES string of the molecule is Cc1ccc([N+](=O)[O-])cc1NC(=O)[C@@H]1CCCNC1.Cl. The topological polar surface area (TPSA) is 84.3 Å². The third kappa shape index (κ3) is 3.91. The Kier molecular flexibility index (Phi) is 5.91. The van der Waals surface area contributed by atoms with Gasteiger partial charge in [0.2, 0.25) is 5.91 Å². The predicted octanol–water partition coefficient (Wildman–Crippen LogP) is 2.26. The molecule has 1 fully saturated rings. The first-order chi connectivity index (χ1) is 9.08. The number of carbonyl (C=O) groups is 1. The molecule has 1 amide bonds. The summed E-state index contributed by atoms with van der Waals surface area (Å²) in [5.74, 6) is -0.136. The number of carbonyl (C=O) groups excluding carboxylic acids is 1.